The Labute approximate surface area is 135 Å². The van der Waals surface area contributed by atoms with Gasteiger partial charge in [-0.2, -0.15) is 5.26 Å². The van der Waals surface area contributed by atoms with Gasteiger partial charge in [0, 0.05) is 32.7 Å². The number of hydrogen-bond donors (Lipinski definition) is 1. The number of allylic oxidation sites excluding steroid dienone is 1. The summed E-state index contributed by atoms with van der Waals surface area (Å²) in [5.74, 6) is -0.271. The van der Waals surface area contributed by atoms with Gasteiger partial charge < -0.3 is 14.6 Å². The molecule has 0 fully saturated rings. The van der Waals surface area contributed by atoms with Crippen molar-refractivity contribution in [3.05, 3.63) is 35.1 Å². The van der Waals surface area contributed by atoms with E-state index in [2.05, 4.69) is 22.4 Å². The molecule has 0 spiro atoms. The van der Waals surface area contributed by atoms with Crippen molar-refractivity contribution < 1.29 is 4.39 Å². The maximum absolute atomic E-state index is 13.9. The molecule has 1 N–H and O–H groups in total. The molecule has 1 heterocycles. The van der Waals surface area contributed by atoms with E-state index in [1.807, 2.05) is 31.1 Å². The molecule has 0 saturated heterocycles. The van der Waals surface area contributed by atoms with Gasteiger partial charge in [-0.25, -0.2) is 4.39 Å². The number of nitrogens with zero attached hydrogens (tertiary/aromatic N) is 3. The van der Waals surface area contributed by atoms with Crippen molar-refractivity contribution in [2.75, 3.05) is 33.1 Å². The highest BCUT2D eigenvalue weighted by atomic mass is 32.2. The molecular weight excluding hydrogens is 318 g/mol. The molecule has 1 aromatic heterocycles. The monoisotopic (exact) mass is 336 g/mol. The second kappa shape index (κ2) is 7.04. The third kappa shape index (κ3) is 3.37. The van der Waals surface area contributed by atoms with Crippen molar-refractivity contribution in [2.45, 2.75) is 5.03 Å². The fourth-order valence-electron chi connectivity index (χ4n) is 2.13. The van der Waals surface area contributed by atoms with Crippen molar-refractivity contribution in [1.82, 2.24) is 9.24 Å². The highest BCUT2D eigenvalue weighted by Crippen LogP contribution is 2.37. The van der Waals surface area contributed by atoms with E-state index in [0.717, 1.165) is 15.9 Å². The smallest absolute Gasteiger partial charge is 0.147 e. The number of fused-ring (bicyclic) bond motifs is 1. The van der Waals surface area contributed by atoms with Crippen LogP contribution < -0.4 is 5.32 Å². The Balaban J connectivity index is 2.53. The van der Waals surface area contributed by atoms with Crippen LogP contribution in [0.25, 0.3) is 10.9 Å². The molecule has 4 nitrogen and oxygen atoms in total. The Kier molecular flexibility index (Phi) is 5.33. The fourth-order valence-corrected chi connectivity index (χ4v) is 4.17. The van der Waals surface area contributed by atoms with Gasteiger partial charge in [0.2, 0.25) is 0 Å². The maximum Gasteiger partial charge on any atom is 0.147 e. The van der Waals surface area contributed by atoms with E-state index in [1.54, 1.807) is 13.2 Å². The van der Waals surface area contributed by atoms with Gasteiger partial charge in [0.15, 0.2) is 0 Å². The van der Waals surface area contributed by atoms with Gasteiger partial charge in [0.05, 0.1) is 16.2 Å². The highest BCUT2D eigenvalue weighted by Gasteiger charge is 2.13. The summed E-state index contributed by atoms with van der Waals surface area (Å²) in [4.78, 5) is 2.44. The lowest BCUT2D eigenvalue weighted by Crippen LogP contribution is -2.01. The quantitative estimate of drug-likeness (QED) is 0.511. The van der Waals surface area contributed by atoms with Crippen molar-refractivity contribution >= 4 is 37.1 Å². The Morgan fingerprint density at radius 3 is 2.73 bits per heavy atom. The summed E-state index contributed by atoms with van der Waals surface area (Å²) >= 11 is 1.40. The Morgan fingerprint density at radius 2 is 2.18 bits per heavy atom. The van der Waals surface area contributed by atoms with E-state index in [0.29, 0.717) is 19.3 Å². The number of thioether (sulfide) groups is 1. The number of aromatic nitrogens is 1. The van der Waals surface area contributed by atoms with Crippen molar-refractivity contribution in [3.8, 4) is 6.07 Å². The van der Waals surface area contributed by atoms with Crippen LogP contribution in [0.2, 0.25) is 0 Å². The first kappa shape index (κ1) is 16.7. The average molecular weight is 336 g/mol. The minimum Gasteiger partial charge on any atom is -0.386 e. The van der Waals surface area contributed by atoms with Crippen LogP contribution in [-0.2, 0) is 0 Å². The van der Waals surface area contributed by atoms with Gasteiger partial charge in [0.25, 0.3) is 0 Å². The van der Waals surface area contributed by atoms with Crippen molar-refractivity contribution in [2.24, 2.45) is 0 Å². The number of rotatable bonds is 5. The highest BCUT2D eigenvalue weighted by molar-refractivity contribution is 8.03. The summed E-state index contributed by atoms with van der Waals surface area (Å²) in [6, 6.07) is 7.47. The van der Waals surface area contributed by atoms with E-state index >= 15 is 0 Å². The predicted octanol–water partition coefficient (Wildman–Crippen LogP) is 3.91. The maximum atomic E-state index is 13.9. The van der Waals surface area contributed by atoms with Gasteiger partial charge >= 0.3 is 0 Å². The van der Waals surface area contributed by atoms with E-state index in [-0.39, 0.29) is 5.82 Å². The van der Waals surface area contributed by atoms with Crippen molar-refractivity contribution in [1.29, 1.82) is 5.26 Å². The van der Waals surface area contributed by atoms with Gasteiger partial charge in [-0.1, -0.05) is 11.8 Å². The molecule has 1 aromatic carbocycles. The molecule has 116 valence electrons. The van der Waals surface area contributed by atoms with E-state index in [9.17, 15) is 9.65 Å². The molecule has 1 unspecified atom stereocenters. The van der Waals surface area contributed by atoms with Gasteiger partial charge in [-0.15, -0.1) is 0 Å². The Hall–Kier alpha value is -1.70. The van der Waals surface area contributed by atoms with Crippen molar-refractivity contribution in [3.63, 3.8) is 0 Å². The molecular formula is C15H18FN4PS. The molecule has 1 atom stereocenters. The molecule has 0 aliphatic heterocycles. The molecule has 0 radical (unpaired) electrons. The van der Waals surface area contributed by atoms with Crippen LogP contribution in [0.5, 0.6) is 0 Å². The summed E-state index contributed by atoms with van der Waals surface area (Å²) < 4.78 is 16.0. The first-order chi connectivity index (χ1) is 10.5. The molecule has 7 heteroatoms. The van der Waals surface area contributed by atoms with Gasteiger partial charge in [-0.05, 0) is 33.6 Å². The molecule has 2 aromatic rings. The second-order valence-corrected chi connectivity index (χ2v) is 6.81. The molecule has 22 heavy (non-hydrogen) atoms. The number of benzene rings is 1. The first-order valence-electron chi connectivity index (χ1n) is 6.67. The summed E-state index contributed by atoms with van der Waals surface area (Å²) in [5, 5.41) is 13.9. The van der Waals surface area contributed by atoms with Gasteiger partial charge in [0.1, 0.15) is 16.8 Å². The van der Waals surface area contributed by atoms with Crippen LogP contribution in [0.1, 0.15) is 0 Å². The minimum absolute atomic E-state index is 0.271. The molecule has 0 aliphatic rings. The van der Waals surface area contributed by atoms with E-state index in [4.69, 9.17) is 0 Å². The zero-order valence-electron chi connectivity index (χ0n) is 12.9. The lowest BCUT2D eigenvalue weighted by Gasteiger charge is -2.09. The number of halogens is 1. The normalized spacial score (nSPS) is 12.1. The van der Waals surface area contributed by atoms with Crippen LogP contribution in [0.15, 0.2) is 34.3 Å². The minimum atomic E-state index is -0.271. The topological polar surface area (TPSA) is 44.0 Å². The number of nitriles is 1. The lowest BCUT2D eigenvalue weighted by molar-refractivity contribution is 0.563. The molecule has 2 rings (SSSR count). The molecule has 0 aliphatic carbocycles. The number of anilines is 1. The van der Waals surface area contributed by atoms with Crippen LogP contribution in [0, 0.1) is 17.1 Å². The average Bonchev–Trinajstić information content (AvgIpc) is 2.80. The zero-order valence-corrected chi connectivity index (χ0v) is 14.8. The summed E-state index contributed by atoms with van der Waals surface area (Å²) in [7, 11) is 5.95. The van der Waals surface area contributed by atoms with Crippen LogP contribution in [0.4, 0.5) is 10.1 Å². The Morgan fingerprint density at radius 1 is 1.45 bits per heavy atom. The standard InChI is InChI=1S/C15H18FN4PS/c1-18-13-7-14-10(5-12(13)16)6-15(20(14)21-4)22-11(8-17)9-19(2)3/h5-7,9,18,21H,1-4H3/b11-9+. The molecule has 0 amide bonds. The van der Waals surface area contributed by atoms with E-state index in [1.165, 1.54) is 17.8 Å². The predicted molar refractivity (Wildman–Crippen MR) is 94.3 cm³/mol. The first-order valence-corrected chi connectivity index (χ1v) is 8.93. The number of hydrogen-bond acceptors (Lipinski definition) is 4. The largest absolute Gasteiger partial charge is 0.386 e. The lowest BCUT2D eigenvalue weighted by atomic mass is 10.2. The summed E-state index contributed by atoms with van der Waals surface area (Å²) in [5.41, 5.74) is 1.45. The third-order valence-electron chi connectivity index (χ3n) is 3.05. The fraction of sp³-hybridized carbons (Fsp3) is 0.267. The number of nitrogens with one attached hydrogen (secondary N) is 1. The molecule has 0 saturated carbocycles. The second-order valence-electron chi connectivity index (χ2n) is 4.85. The van der Waals surface area contributed by atoms with Crippen LogP contribution in [0.3, 0.4) is 0 Å². The van der Waals surface area contributed by atoms with Gasteiger partial charge in [-0.3, -0.25) is 0 Å². The molecule has 0 bridgehead atoms. The summed E-state index contributed by atoms with van der Waals surface area (Å²) in [6.45, 7) is 2.06. The summed E-state index contributed by atoms with van der Waals surface area (Å²) in [6.07, 6.45) is 1.78. The SMILES string of the molecule is CNc1cc2c(cc1F)cc(S/C(C#N)=C/N(C)C)n2PC. The Bertz CT molecular complexity index is 761. The zero-order chi connectivity index (χ0) is 16.3. The van der Waals surface area contributed by atoms with Crippen LogP contribution >= 0.6 is 20.5 Å². The van der Waals surface area contributed by atoms with E-state index < -0.39 is 0 Å². The third-order valence-corrected chi connectivity index (χ3v) is 5.07. The van der Waals surface area contributed by atoms with Crippen LogP contribution in [-0.4, -0.2) is 37.0 Å².